The molecule has 0 heterocycles. The Bertz CT molecular complexity index is 1240. The van der Waals surface area contributed by atoms with Crippen LogP contribution in [-0.2, 0) is 9.59 Å². The van der Waals surface area contributed by atoms with E-state index >= 15 is 0 Å². The molecule has 34 heavy (non-hydrogen) atoms. The molecule has 1 amide bonds. The number of benzene rings is 1. The fraction of sp³-hybridized carbons (Fsp3) is 0.409. The molecule has 6 atom stereocenters. The van der Waals surface area contributed by atoms with E-state index < -0.39 is 81.4 Å². The van der Waals surface area contributed by atoms with Gasteiger partial charge in [-0.05, 0) is 47.6 Å². The number of halogens is 1. The first-order valence-corrected chi connectivity index (χ1v) is 11.1. The molecule has 1 aromatic rings. The van der Waals surface area contributed by atoms with Crippen LogP contribution in [0.4, 0.5) is 5.69 Å². The van der Waals surface area contributed by atoms with Gasteiger partial charge in [0.05, 0.1) is 29.3 Å². The zero-order valence-electron chi connectivity index (χ0n) is 18.4. The zero-order chi connectivity index (χ0) is 25.6. The summed E-state index contributed by atoms with van der Waals surface area (Å²) in [5.74, 6) is -9.49. The van der Waals surface area contributed by atoms with Crippen molar-refractivity contribution in [2.24, 2.45) is 17.6 Å². The van der Waals surface area contributed by atoms with E-state index in [1.54, 1.807) is 6.92 Å². The van der Waals surface area contributed by atoms with Gasteiger partial charge in [0.15, 0.2) is 17.1 Å². The summed E-state index contributed by atoms with van der Waals surface area (Å²) in [4.78, 5) is 40.1. The Morgan fingerprint density at radius 3 is 2.32 bits per heavy atom. The first-order chi connectivity index (χ1) is 15.7. The largest absolute Gasteiger partial charge is 0.510 e. The number of phenolic OH excluding ortho intramolecular Hbond substituents is 1. The Labute approximate surface area is 202 Å². The summed E-state index contributed by atoms with van der Waals surface area (Å²) in [5, 5.41) is 55.6. The van der Waals surface area contributed by atoms with Gasteiger partial charge in [-0.2, -0.15) is 0 Å². The maximum atomic E-state index is 13.5. The number of aliphatic hydroxyl groups excluding tert-OH is 3. The van der Waals surface area contributed by atoms with Crippen LogP contribution in [0.15, 0.2) is 33.2 Å². The van der Waals surface area contributed by atoms with E-state index in [0.29, 0.717) is 10.0 Å². The number of carbonyl (C=O) groups excluding carboxylic acids is 3. The third-order valence-electron chi connectivity index (χ3n) is 7.24. The fourth-order valence-corrected chi connectivity index (χ4v) is 6.10. The van der Waals surface area contributed by atoms with Crippen LogP contribution in [0.5, 0.6) is 5.75 Å². The number of anilines is 1. The van der Waals surface area contributed by atoms with Crippen molar-refractivity contribution in [2.75, 3.05) is 19.8 Å². The number of carbonyl (C=O) groups is 3. The van der Waals surface area contributed by atoms with Gasteiger partial charge in [0.25, 0.3) is 5.91 Å². The fourth-order valence-electron chi connectivity index (χ4n) is 5.67. The molecule has 0 spiro atoms. The number of fused-ring (bicyclic) bond motifs is 3. The lowest BCUT2D eigenvalue weighted by molar-refractivity contribution is -0.162. The summed E-state index contributed by atoms with van der Waals surface area (Å²) in [6.07, 6.45) is -1.64. The van der Waals surface area contributed by atoms with Crippen molar-refractivity contribution in [2.45, 2.75) is 30.6 Å². The number of phenols is 1. The van der Waals surface area contributed by atoms with E-state index in [-0.39, 0.29) is 11.3 Å². The second-order valence-electron chi connectivity index (χ2n) is 9.14. The molecular weight excluding hydrogens is 514 g/mol. The van der Waals surface area contributed by atoms with Crippen molar-refractivity contribution in [3.05, 3.63) is 44.3 Å². The van der Waals surface area contributed by atoms with Crippen LogP contribution in [-0.4, -0.2) is 79.7 Å². The van der Waals surface area contributed by atoms with Gasteiger partial charge >= 0.3 is 0 Å². The van der Waals surface area contributed by atoms with Crippen molar-refractivity contribution in [1.29, 1.82) is 0 Å². The SMILES string of the molecule is C[C@H]1c2cc(Br)c(N)c(O)c2C(=O)C2=C(O)[C@]3(O)C(=O)C(C(N)=O)=C(O)[C@@H](N(C)C)[C@@H]3[C@@H](O)[C@@H]21. The summed E-state index contributed by atoms with van der Waals surface area (Å²) in [5.41, 5.74) is 6.72. The van der Waals surface area contributed by atoms with E-state index in [9.17, 15) is 39.9 Å². The zero-order valence-corrected chi connectivity index (χ0v) is 20.0. The van der Waals surface area contributed by atoms with E-state index in [1.165, 1.54) is 25.1 Å². The number of aliphatic hydroxyl groups is 4. The number of nitrogens with zero attached hydrogens (tertiary/aromatic N) is 1. The van der Waals surface area contributed by atoms with Crippen LogP contribution in [0, 0.1) is 11.8 Å². The molecule has 3 aliphatic carbocycles. The van der Waals surface area contributed by atoms with Crippen molar-refractivity contribution < 1.29 is 39.9 Å². The highest BCUT2D eigenvalue weighted by Gasteiger charge is 2.67. The Kier molecular flexibility index (Phi) is 5.36. The molecule has 1 aromatic carbocycles. The molecule has 0 saturated heterocycles. The smallest absolute Gasteiger partial charge is 0.255 e. The minimum Gasteiger partial charge on any atom is -0.510 e. The Hall–Kier alpha value is -2.93. The van der Waals surface area contributed by atoms with Crippen LogP contribution in [0.1, 0.15) is 28.8 Å². The standard InChI is InChI=1S/C22H24BrN3O8/c1-5-6-4-7(23)13(24)17(29)9(6)15(27)10-8(5)16(28)12-14(26(2)3)18(30)11(21(25)33)20(32)22(12,34)19(10)31/h4-5,8,12,14,16,28-31,34H,24H2,1-3H3,(H2,25,33)/t5-,8+,12+,14-,16-,22-/m0/s1. The monoisotopic (exact) mass is 537 g/mol. The molecular formula is C22H24BrN3O8. The third-order valence-corrected chi connectivity index (χ3v) is 7.90. The van der Waals surface area contributed by atoms with Gasteiger partial charge in [-0.1, -0.05) is 6.92 Å². The highest BCUT2D eigenvalue weighted by molar-refractivity contribution is 9.10. The summed E-state index contributed by atoms with van der Waals surface area (Å²) >= 11 is 3.22. The van der Waals surface area contributed by atoms with Gasteiger partial charge in [0, 0.05) is 16.0 Å². The second kappa shape index (κ2) is 7.54. The number of hydrogen-bond donors (Lipinski definition) is 7. The number of ketones is 2. The van der Waals surface area contributed by atoms with E-state index in [0.717, 1.165) is 0 Å². The second-order valence-corrected chi connectivity index (χ2v) is 9.99. The molecule has 11 nitrogen and oxygen atoms in total. The van der Waals surface area contributed by atoms with Crippen molar-refractivity contribution in [1.82, 2.24) is 4.90 Å². The maximum Gasteiger partial charge on any atom is 0.255 e. The van der Waals surface area contributed by atoms with Crippen LogP contribution >= 0.6 is 15.9 Å². The molecule has 0 unspecified atom stereocenters. The summed E-state index contributed by atoms with van der Waals surface area (Å²) in [7, 11) is 2.95. The highest BCUT2D eigenvalue weighted by atomic mass is 79.9. The number of Topliss-reactive ketones (excluding diaryl/α,β-unsaturated/α-hetero) is 2. The highest BCUT2D eigenvalue weighted by Crippen LogP contribution is 2.56. The summed E-state index contributed by atoms with van der Waals surface area (Å²) in [6, 6.07) is 0.214. The third kappa shape index (κ3) is 2.76. The molecule has 0 aromatic heterocycles. The predicted octanol–water partition coefficient (Wildman–Crippen LogP) is -0.00290. The van der Waals surface area contributed by atoms with Gasteiger partial charge in [-0.25, -0.2) is 0 Å². The molecule has 0 saturated carbocycles. The van der Waals surface area contributed by atoms with Gasteiger partial charge < -0.3 is 37.0 Å². The average molecular weight is 538 g/mol. The topological polar surface area (TPSA) is 208 Å². The summed E-state index contributed by atoms with van der Waals surface area (Å²) in [6.45, 7) is 1.64. The predicted molar refractivity (Wildman–Crippen MR) is 122 cm³/mol. The first kappa shape index (κ1) is 24.2. The Morgan fingerprint density at radius 1 is 1.21 bits per heavy atom. The number of rotatable bonds is 2. The molecule has 4 rings (SSSR count). The number of nitrogen functional groups attached to an aromatic ring is 1. The number of primary amides is 1. The maximum absolute atomic E-state index is 13.5. The van der Waals surface area contributed by atoms with Gasteiger partial charge in [-0.3, -0.25) is 19.3 Å². The number of likely N-dealkylation sites (N-methyl/N-ethyl adjacent to an activating group) is 1. The molecule has 0 aliphatic heterocycles. The Morgan fingerprint density at radius 2 is 1.79 bits per heavy atom. The minimum absolute atomic E-state index is 0.129. The molecule has 9 N–H and O–H groups in total. The minimum atomic E-state index is -2.94. The lowest BCUT2D eigenvalue weighted by Gasteiger charge is -2.53. The summed E-state index contributed by atoms with van der Waals surface area (Å²) < 4.78 is 0.313. The quantitative estimate of drug-likeness (QED) is 0.152. The van der Waals surface area contributed by atoms with Gasteiger partial charge in [-0.15, -0.1) is 0 Å². The lowest BCUT2D eigenvalue weighted by Crippen LogP contribution is -2.68. The first-order valence-electron chi connectivity index (χ1n) is 10.3. The molecule has 12 heteroatoms. The van der Waals surface area contributed by atoms with Crippen LogP contribution in [0.25, 0.3) is 0 Å². The molecule has 182 valence electrons. The van der Waals surface area contributed by atoms with Crippen molar-refractivity contribution >= 4 is 39.1 Å². The van der Waals surface area contributed by atoms with Gasteiger partial charge in [0.1, 0.15) is 17.1 Å². The van der Waals surface area contributed by atoms with Gasteiger partial charge in [0.2, 0.25) is 5.78 Å². The van der Waals surface area contributed by atoms with Crippen LogP contribution in [0.2, 0.25) is 0 Å². The molecule has 0 fully saturated rings. The van der Waals surface area contributed by atoms with Crippen molar-refractivity contribution in [3.8, 4) is 5.75 Å². The molecule has 0 bridgehead atoms. The Balaban J connectivity index is 2.07. The normalized spacial score (nSPS) is 33.1. The van der Waals surface area contributed by atoms with E-state index in [4.69, 9.17) is 11.5 Å². The number of amides is 1. The molecule has 3 aliphatic rings. The molecule has 0 radical (unpaired) electrons. The lowest BCUT2D eigenvalue weighted by atomic mass is 9.55. The van der Waals surface area contributed by atoms with E-state index in [1.807, 2.05) is 0 Å². The van der Waals surface area contributed by atoms with Crippen LogP contribution in [0.3, 0.4) is 0 Å². The van der Waals surface area contributed by atoms with Crippen molar-refractivity contribution in [3.63, 3.8) is 0 Å². The van der Waals surface area contributed by atoms with Crippen LogP contribution < -0.4 is 11.5 Å². The average Bonchev–Trinajstić information content (AvgIpc) is 2.74. The number of nitrogens with two attached hydrogens (primary N) is 2. The van der Waals surface area contributed by atoms with E-state index in [2.05, 4.69) is 15.9 Å². The number of aromatic hydroxyl groups is 1. The number of hydrogen-bond acceptors (Lipinski definition) is 10.